The lowest BCUT2D eigenvalue weighted by molar-refractivity contribution is 0.627. The lowest BCUT2D eigenvalue weighted by Crippen LogP contribution is -2.07. The summed E-state index contributed by atoms with van der Waals surface area (Å²) in [5.41, 5.74) is 6.99. The summed E-state index contributed by atoms with van der Waals surface area (Å²) in [6.45, 7) is 0.355. The van der Waals surface area contributed by atoms with E-state index in [0.29, 0.717) is 17.3 Å². The number of nitrogens with zero attached hydrogens (tertiary/aromatic N) is 2. The van der Waals surface area contributed by atoms with E-state index in [1.165, 1.54) is 12.1 Å². The molecule has 0 atom stereocenters. The monoisotopic (exact) mass is 225 g/mol. The van der Waals surface area contributed by atoms with Crippen LogP contribution in [0.5, 0.6) is 0 Å². The molecule has 0 aliphatic carbocycles. The number of nitrogens with two attached hydrogens (primary N) is 1. The Balaban J connectivity index is 2.54. The van der Waals surface area contributed by atoms with Gasteiger partial charge < -0.3 is 5.73 Å². The van der Waals surface area contributed by atoms with Crippen molar-refractivity contribution in [3.8, 4) is 5.69 Å². The minimum atomic E-state index is -0.370. The van der Waals surface area contributed by atoms with Gasteiger partial charge in [0.15, 0.2) is 0 Å². The summed E-state index contributed by atoms with van der Waals surface area (Å²) in [5.74, 6) is -0.370. The fourth-order valence-electron chi connectivity index (χ4n) is 1.36. The van der Waals surface area contributed by atoms with Crippen molar-refractivity contribution in [2.24, 2.45) is 5.73 Å². The van der Waals surface area contributed by atoms with E-state index in [2.05, 4.69) is 5.10 Å². The van der Waals surface area contributed by atoms with E-state index in [1.807, 2.05) is 0 Å². The van der Waals surface area contributed by atoms with Gasteiger partial charge in [0.1, 0.15) is 5.82 Å². The molecule has 0 saturated heterocycles. The highest BCUT2D eigenvalue weighted by molar-refractivity contribution is 6.32. The molecule has 0 bridgehead atoms. The summed E-state index contributed by atoms with van der Waals surface area (Å²) >= 11 is 5.91. The van der Waals surface area contributed by atoms with Crippen LogP contribution >= 0.6 is 11.6 Å². The predicted molar refractivity (Wildman–Crippen MR) is 56.4 cm³/mol. The summed E-state index contributed by atoms with van der Waals surface area (Å²) in [5, 5.41) is 4.39. The summed E-state index contributed by atoms with van der Waals surface area (Å²) in [7, 11) is 0. The van der Waals surface area contributed by atoms with Crippen molar-refractivity contribution >= 4 is 11.6 Å². The molecule has 5 heteroatoms. The van der Waals surface area contributed by atoms with E-state index in [0.717, 1.165) is 5.69 Å². The van der Waals surface area contributed by atoms with Crippen LogP contribution < -0.4 is 5.73 Å². The van der Waals surface area contributed by atoms with Gasteiger partial charge in [-0.2, -0.15) is 5.10 Å². The van der Waals surface area contributed by atoms with Crippen LogP contribution in [-0.4, -0.2) is 9.78 Å². The van der Waals surface area contributed by atoms with E-state index >= 15 is 0 Å². The number of aromatic nitrogens is 2. The first-order chi connectivity index (χ1) is 7.22. The Bertz CT molecular complexity index is 481. The third-order valence-electron chi connectivity index (χ3n) is 2.07. The Kier molecular flexibility index (Phi) is 2.70. The zero-order valence-corrected chi connectivity index (χ0v) is 8.58. The number of benzene rings is 1. The largest absolute Gasteiger partial charge is 0.325 e. The molecule has 15 heavy (non-hydrogen) atoms. The lowest BCUT2D eigenvalue weighted by Gasteiger charge is -2.07. The van der Waals surface area contributed by atoms with Gasteiger partial charge in [-0.25, -0.2) is 9.07 Å². The molecule has 3 nitrogen and oxygen atoms in total. The van der Waals surface area contributed by atoms with Gasteiger partial charge in [0.05, 0.1) is 16.4 Å². The van der Waals surface area contributed by atoms with Gasteiger partial charge in [-0.1, -0.05) is 11.6 Å². The van der Waals surface area contributed by atoms with Gasteiger partial charge in [0.25, 0.3) is 0 Å². The first-order valence-electron chi connectivity index (χ1n) is 4.41. The molecule has 2 rings (SSSR count). The van der Waals surface area contributed by atoms with Crippen LogP contribution in [0.2, 0.25) is 5.02 Å². The highest BCUT2D eigenvalue weighted by Gasteiger charge is 2.07. The van der Waals surface area contributed by atoms with Crippen LogP contribution in [0.4, 0.5) is 4.39 Å². The first kappa shape index (κ1) is 10.1. The molecule has 1 aromatic carbocycles. The number of hydrogen-bond acceptors (Lipinski definition) is 2. The molecule has 78 valence electrons. The predicted octanol–water partition coefficient (Wildman–Crippen LogP) is 2.12. The quantitative estimate of drug-likeness (QED) is 0.851. The minimum absolute atomic E-state index is 0.313. The molecule has 0 saturated carbocycles. The highest BCUT2D eigenvalue weighted by atomic mass is 35.5. The molecular weight excluding hydrogens is 217 g/mol. The number of rotatable bonds is 2. The third kappa shape index (κ3) is 1.86. The SMILES string of the molecule is NCc1ccnn1-c1ccc(F)cc1Cl. The van der Waals surface area contributed by atoms with E-state index in [-0.39, 0.29) is 5.82 Å². The molecule has 2 aromatic rings. The molecule has 0 spiro atoms. The molecule has 0 fully saturated rings. The van der Waals surface area contributed by atoms with Crippen LogP contribution in [0.15, 0.2) is 30.5 Å². The van der Waals surface area contributed by atoms with Gasteiger partial charge in [0, 0.05) is 12.7 Å². The maximum absolute atomic E-state index is 12.8. The fourth-order valence-corrected chi connectivity index (χ4v) is 1.60. The van der Waals surface area contributed by atoms with Crippen LogP contribution in [-0.2, 0) is 6.54 Å². The van der Waals surface area contributed by atoms with Gasteiger partial charge >= 0.3 is 0 Å². The topological polar surface area (TPSA) is 43.8 Å². The van der Waals surface area contributed by atoms with Crippen molar-refractivity contribution in [1.82, 2.24) is 9.78 Å². The van der Waals surface area contributed by atoms with Crippen LogP contribution in [0.1, 0.15) is 5.69 Å². The van der Waals surface area contributed by atoms with Gasteiger partial charge in [-0.15, -0.1) is 0 Å². The lowest BCUT2D eigenvalue weighted by atomic mass is 10.3. The molecule has 1 aromatic heterocycles. The molecule has 0 radical (unpaired) electrons. The van der Waals surface area contributed by atoms with Crippen molar-refractivity contribution in [1.29, 1.82) is 0 Å². The molecule has 0 aliphatic rings. The van der Waals surface area contributed by atoms with Crippen LogP contribution in [0, 0.1) is 5.82 Å². The van der Waals surface area contributed by atoms with Gasteiger partial charge in [0.2, 0.25) is 0 Å². The maximum Gasteiger partial charge on any atom is 0.124 e. The molecule has 2 N–H and O–H groups in total. The number of hydrogen-bond donors (Lipinski definition) is 1. The van der Waals surface area contributed by atoms with Crippen molar-refractivity contribution in [3.05, 3.63) is 47.0 Å². The number of halogens is 2. The maximum atomic E-state index is 12.8. The molecule has 0 aliphatic heterocycles. The Morgan fingerprint density at radius 1 is 1.40 bits per heavy atom. The minimum Gasteiger partial charge on any atom is -0.325 e. The van der Waals surface area contributed by atoms with Crippen molar-refractivity contribution in [2.45, 2.75) is 6.54 Å². The average Bonchev–Trinajstić information content (AvgIpc) is 2.65. The normalized spacial score (nSPS) is 10.6. The second-order valence-corrected chi connectivity index (χ2v) is 3.44. The van der Waals surface area contributed by atoms with Gasteiger partial charge in [-0.05, 0) is 24.3 Å². The average molecular weight is 226 g/mol. The van der Waals surface area contributed by atoms with E-state index in [4.69, 9.17) is 17.3 Å². The summed E-state index contributed by atoms with van der Waals surface area (Å²) < 4.78 is 14.4. The van der Waals surface area contributed by atoms with E-state index < -0.39 is 0 Å². The van der Waals surface area contributed by atoms with Crippen molar-refractivity contribution in [2.75, 3.05) is 0 Å². The molecular formula is C10H9ClFN3. The zero-order chi connectivity index (χ0) is 10.8. The van der Waals surface area contributed by atoms with Crippen molar-refractivity contribution in [3.63, 3.8) is 0 Å². The van der Waals surface area contributed by atoms with Crippen LogP contribution in [0.3, 0.4) is 0 Å². The second kappa shape index (κ2) is 4.00. The molecule has 1 heterocycles. The Labute approximate surface area is 91.3 Å². The first-order valence-corrected chi connectivity index (χ1v) is 4.78. The highest BCUT2D eigenvalue weighted by Crippen LogP contribution is 2.21. The summed E-state index contributed by atoms with van der Waals surface area (Å²) in [4.78, 5) is 0. The molecule has 0 unspecified atom stereocenters. The smallest absolute Gasteiger partial charge is 0.124 e. The third-order valence-corrected chi connectivity index (χ3v) is 2.37. The summed E-state index contributed by atoms with van der Waals surface area (Å²) in [6.07, 6.45) is 1.63. The Morgan fingerprint density at radius 3 is 2.87 bits per heavy atom. The Hall–Kier alpha value is -1.39. The summed E-state index contributed by atoms with van der Waals surface area (Å²) in [6, 6.07) is 5.95. The standard InChI is InChI=1S/C10H9ClFN3/c11-9-5-7(12)1-2-10(9)15-8(6-13)3-4-14-15/h1-5H,6,13H2. The Morgan fingerprint density at radius 2 is 2.20 bits per heavy atom. The van der Waals surface area contributed by atoms with E-state index in [1.54, 1.807) is 23.0 Å². The van der Waals surface area contributed by atoms with Gasteiger partial charge in [-0.3, -0.25) is 0 Å². The molecule has 0 amide bonds. The van der Waals surface area contributed by atoms with Crippen LogP contribution in [0.25, 0.3) is 5.69 Å². The second-order valence-electron chi connectivity index (χ2n) is 3.03. The van der Waals surface area contributed by atoms with Crippen molar-refractivity contribution < 1.29 is 4.39 Å². The fraction of sp³-hybridized carbons (Fsp3) is 0.100. The zero-order valence-electron chi connectivity index (χ0n) is 7.82. The van der Waals surface area contributed by atoms with E-state index in [9.17, 15) is 4.39 Å².